The van der Waals surface area contributed by atoms with Gasteiger partial charge in [-0.2, -0.15) is 15.4 Å². The normalized spacial score (nSPS) is 11.4. The third-order valence-corrected chi connectivity index (χ3v) is 5.25. The molecule has 0 unspecified atom stereocenters. The van der Waals surface area contributed by atoms with Gasteiger partial charge in [0.05, 0.1) is 12.7 Å². The third-order valence-electron chi connectivity index (χ3n) is 5.25. The highest BCUT2D eigenvalue weighted by atomic mass is 16.2. The van der Waals surface area contributed by atoms with Crippen LogP contribution in [-0.4, -0.2) is 80.1 Å². The maximum Gasteiger partial charge on any atom is 0.253 e. The Morgan fingerprint density at radius 2 is 1.88 bits per heavy atom. The summed E-state index contributed by atoms with van der Waals surface area (Å²) in [4.78, 5) is 20.5. The second-order valence-corrected chi connectivity index (χ2v) is 8.15. The number of nitrogen functional groups attached to an aromatic ring is 1. The molecule has 0 radical (unpaired) electrons. The topological polar surface area (TPSA) is 122 Å². The van der Waals surface area contributed by atoms with Gasteiger partial charge in [0.15, 0.2) is 0 Å². The van der Waals surface area contributed by atoms with Gasteiger partial charge in [-0.15, -0.1) is 5.10 Å². The molecule has 3 heterocycles. The Morgan fingerprint density at radius 3 is 2.62 bits per heavy atom. The maximum absolute atomic E-state index is 12.6. The molecule has 0 spiro atoms. The summed E-state index contributed by atoms with van der Waals surface area (Å²) in [6, 6.07) is 9.49. The summed E-state index contributed by atoms with van der Waals surface area (Å²) in [5, 5.41) is 15.2. The largest absolute Gasteiger partial charge is 0.384 e. The molecule has 0 bridgehead atoms. The van der Waals surface area contributed by atoms with Gasteiger partial charge in [-0.3, -0.25) is 9.48 Å². The molecule has 0 aliphatic heterocycles. The van der Waals surface area contributed by atoms with Crippen LogP contribution in [0.15, 0.2) is 42.7 Å². The lowest BCUT2D eigenvalue weighted by molar-refractivity contribution is 0.0786. The zero-order chi connectivity index (χ0) is 22.7. The second-order valence-electron chi connectivity index (χ2n) is 8.15. The standard InChI is InChI=1S/C22H27N9O/c1-29(2)8-9-30(3)22(32)17-6-4-15(5-7-17)13-31-14-16(12-24-31)10-18-11-19(23)25-21-20(18)26-28-27-21/h4-7,11-12,14H,8-10,13H2,1-3H3,(H3,23,25,26,27,28). The van der Waals surface area contributed by atoms with Crippen molar-refractivity contribution in [2.75, 3.05) is 40.0 Å². The van der Waals surface area contributed by atoms with Crippen LogP contribution in [0.1, 0.15) is 27.0 Å². The fourth-order valence-corrected chi connectivity index (χ4v) is 3.47. The molecular weight excluding hydrogens is 406 g/mol. The summed E-state index contributed by atoms with van der Waals surface area (Å²) < 4.78 is 1.87. The first-order valence-electron chi connectivity index (χ1n) is 10.4. The van der Waals surface area contributed by atoms with Crippen LogP contribution in [0.3, 0.4) is 0 Å². The first-order valence-corrected chi connectivity index (χ1v) is 10.4. The number of carbonyl (C=O) groups is 1. The molecule has 3 N–H and O–H groups in total. The molecule has 32 heavy (non-hydrogen) atoms. The van der Waals surface area contributed by atoms with Gasteiger partial charge in [0.2, 0.25) is 5.65 Å². The number of H-pyrrole nitrogens is 1. The van der Waals surface area contributed by atoms with Crippen LogP contribution < -0.4 is 5.73 Å². The molecule has 10 heteroatoms. The monoisotopic (exact) mass is 433 g/mol. The summed E-state index contributed by atoms with van der Waals surface area (Å²) in [7, 11) is 5.82. The molecule has 3 aromatic heterocycles. The van der Waals surface area contributed by atoms with Crippen molar-refractivity contribution >= 4 is 22.9 Å². The Bertz CT molecular complexity index is 1210. The number of nitrogens with zero attached hydrogens (tertiary/aromatic N) is 7. The van der Waals surface area contributed by atoms with Gasteiger partial charge in [0.1, 0.15) is 11.3 Å². The van der Waals surface area contributed by atoms with Crippen molar-refractivity contribution in [1.29, 1.82) is 0 Å². The second kappa shape index (κ2) is 9.15. The number of hydrogen-bond donors (Lipinski definition) is 2. The Kier molecular flexibility index (Phi) is 6.13. The fourth-order valence-electron chi connectivity index (χ4n) is 3.47. The molecule has 0 fully saturated rings. The number of benzene rings is 1. The van der Waals surface area contributed by atoms with Gasteiger partial charge in [-0.1, -0.05) is 12.1 Å². The van der Waals surface area contributed by atoms with Gasteiger partial charge in [-0.05, 0) is 49.0 Å². The minimum atomic E-state index is 0.0237. The number of amides is 1. The zero-order valence-corrected chi connectivity index (χ0v) is 18.5. The number of aromatic nitrogens is 6. The van der Waals surface area contributed by atoms with Crippen molar-refractivity contribution in [2.45, 2.75) is 13.0 Å². The van der Waals surface area contributed by atoms with Crippen LogP contribution >= 0.6 is 0 Å². The lowest BCUT2D eigenvalue weighted by Gasteiger charge is -2.19. The molecule has 1 aromatic carbocycles. The van der Waals surface area contributed by atoms with Crippen LogP contribution in [0.2, 0.25) is 0 Å². The van der Waals surface area contributed by atoms with Crippen molar-refractivity contribution in [3.63, 3.8) is 0 Å². The predicted octanol–water partition coefficient (Wildman–Crippen LogP) is 1.40. The number of aromatic amines is 1. The molecule has 0 saturated carbocycles. The van der Waals surface area contributed by atoms with Gasteiger partial charge in [0.25, 0.3) is 5.91 Å². The van der Waals surface area contributed by atoms with E-state index in [-0.39, 0.29) is 5.91 Å². The van der Waals surface area contributed by atoms with E-state index in [4.69, 9.17) is 5.73 Å². The summed E-state index contributed by atoms with van der Waals surface area (Å²) in [6.45, 7) is 2.13. The van der Waals surface area contributed by atoms with Crippen LogP contribution in [0, 0.1) is 0 Å². The molecule has 1 amide bonds. The third kappa shape index (κ3) is 4.92. The molecule has 0 aliphatic rings. The summed E-state index contributed by atoms with van der Waals surface area (Å²) in [6.07, 6.45) is 4.46. The Morgan fingerprint density at radius 1 is 1.09 bits per heavy atom. The lowest BCUT2D eigenvalue weighted by Crippen LogP contribution is -2.33. The first-order chi connectivity index (χ1) is 15.4. The Hall–Kier alpha value is -3.79. The molecule has 0 aliphatic carbocycles. The number of anilines is 1. The van der Waals surface area contributed by atoms with Crippen molar-refractivity contribution in [2.24, 2.45) is 0 Å². The van der Waals surface area contributed by atoms with Crippen LogP contribution in [0.4, 0.5) is 5.82 Å². The molecule has 4 aromatic rings. The highest BCUT2D eigenvalue weighted by Gasteiger charge is 2.13. The van der Waals surface area contributed by atoms with E-state index < -0.39 is 0 Å². The molecule has 0 saturated heterocycles. The van der Waals surface area contributed by atoms with E-state index in [0.717, 1.165) is 23.2 Å². The fraction of sp³-hybridized carbons (Fsp3) is 0.318. The number of rotatable bonds is 8. The van der Waals surface area contributed by atoms with Crippen molar-refractivity contribution in [1.82, 2.24) is 40.0 Å². The predicted molar refractivity (Wildman–Crippen MR) is 122 cm³/mol. The number of likely N-dealkylation sites (N-methyl/N-ethyl adjacent to an activating group) is 2. The van der Waals surface area contributed by atoms with E-state index >= 15 is 0 Å². The average Bonchev–Trinajstić information content (AvgIpc) is 3.41. The number of pyridine rings is 1. The number of nitrogens with two attached hydrogens (primary N) is 1. The molecule has 166 valence electrons. The summed E-state index contributed by atoms with van der Waals surface area (Å²) in [5.74, 6) is 0.436. The highest BCUT2D eigenvalue weighted by molar-refractivity contribution is 5.94. The number of hydrogen-bond acceptors (Lipinski definition) is 7. The quantitative estimate of drug-likeness (QED) is 0.431. The van der Waals surface area contributed by atoms with Crippen molar-refractivity contribution < 1.29 is 4.79 Å². The Balaban J connectivity index is 1.40. The van der Waals surface area contributed by atoms with Gasteiger partial charge >= 0.3 is 0 Å². The SMILES string of the molecule is CN(C)CCN(C)C(=O)c1ccc(Cn2cc(Cc3cc(N)nc4n[nH]nc34)cn2)cc1. The van der Waals surface area contributed by atoms with Gasteiger partial charge in [-0.25, -0.2) is 4.98 Å². The first kappa shape index (κ1) is 21.4. The van der Waals surface area contributed by atoms with E-state index in [1.54, 1.807) is 4.90 Å². The minimum absolute atomic E-state index is 0.0237. The zero-order valence-electron chi connectivity index (χ0n) is 18.5. The van der Waals surface area contributed by atoms with Gasteiger partial charge < -0.3 is 15.5 Å². The number of carbonyl (C=O) groups excluding carboxylic acids is 1. The number of fused-ring (bicyclic) bond motifs is 1. The highest BCUT2D eigenvalue weighted by Crippen LogP contribution is 2.19. The van der Waals surface area contributed by atoms with Crippen molar-refractivity contribution in [3.8, 4) is 0 Å². The van der Waals surface area contributed by atoms with Gasteiger partial charge in [0, 0.05) is 38.3 Å². The maximum atomic E-state index is 12.6. The lowest BCUT2D eigenvalue weighted by atomic mass is 10.1. The van der Waals surface area contributed by atoms with Crippen LogP contribution in [0.25, 0.3) is 11.2 Å². The van der Waals surface area contributed by atoms with Crippen molar-refractivity contribution in [3.05, 3.63) is 65.0 Å². The van der Waals surface area contributed by atoms with E-state index in [0.29, 0.717) is 42.1 Å². The molecule has 10 nitrogen and oxygen atoms in total. The summed E-state index contributed by atoms with van der Waals surface area (Å²) >= 11 is 0. The Labute approximate surface area is 186 Å². The molecular formula is C22H27N9O. The van der Waals surface area contributed by atoms with E-state index in [1.165, 1.54) is 0 Å². The van der Waals surface area contributed by atoms with E-state index in [1.807, 2.05) is 68.6 Å². The van der Waals surface area contributed by atoms with E-state index in [9.17, 15) is 4.79 Å². The average molecular weight is 434 g/mol. The van der Waals surface area contributed by atoms with Crippen LogP contribution in [0.5, 0.6) is 0 Å². The number of nitrogens with one attached hydrogen (secondary N) is 1. The summed E-state index contributed by atoms with van der Waals surface area (Å²) in [5.41, 5.74) is 10.8. The molecule has 4 rings (SSSR count). The smallest absolute Gasteiger partial charge is 0.253 e. The van der Waals surface area contributed by atoms with Crippen LogP contribution in [-0.2, 0) is 13.0 Å². The minimum Gasteiger partial charge on any atom is -0.384 e. The van der Waals surface area contributed by atoms with E-state index in [2.05, 4.69) is 30.4 Å². The molecule has 0 atom stereocenters.